The van der Waals surface area contributed by atoms with Crippen LogP contribution >= 0.6 is 11.6 Å². The largest absolute Gasteiger partial charge is 0.366 e. The summed E-state index contributed by atoms with van der Waals surface area (Å²) < 4.78 is 0. The number of likely N-dealkylation sites (tertiary alicyclic amines) is 1. The van der Waals surface area contributed by atoms with Gasteiger partial charge in [-0.3, -0.25) is 9.59 Å². The smallest absolute Gasteiger partial charge is 0.250 e. The van der Waals surface area contributed by atoms with Crippen molar-refractivity contribution in [1.82, 2.24) is 19.9 Å². The fourth-order valence-corrected chi connectivity index (χ4v) is 4.08. The van der Waals surface area contributed by atoms with Gasteiger partial charge in [0.2, 0.25) is 5.91 Å². The molecule has 1 fully saturated rings. The molecule has 0 spiro atoms. The highest BCUT2D eigenvalue weighted by atomic mass is 35.5. The fourth-order valence-electron chi connectivity index (χ4n) is 3.91. The van der Waals surface area contributed by atoms with Crippen LogP contribution in [-0.4, -0.2) is 44.8 Å². The Labute approximate surface area is 167 Å². The number of halogens is 1. The van der Waals surface area contributed by atoms with E-state index in [0.29, 0.717) is 30.0 Å². The number of nitrogens with two attached hydrogens (primary N) is 1. The number of nitrogens with zero attached hydrogens (tertiary/aromatic N) is 2. The molecule has 0 bridgehead atoms. The molecule has 1 atom stereocenters. The molecule has 4 N–H and O–H groups in total. The molecule has 1 unspecified atom stereocenters. The lowest BCUT2D eigenvalue weighted by molar-refractivity contribution is -0.132. The molecule has 1 aromatic carbocycles. The maximum Gasteiger partial charge on any atom is 0.250 e. The highest BCUT2D eigenvalue weighted by Crippen LogP contribution is 2.28. The molecule has 28 heavy (non-hydrogen) atoms. The van der Waals surface area contributed by atoms with Crippen LogP contribution in [0.4, 0.5) is 0 Å². The summed E-state index contributed by atoms with van der Waals surface area (Å²) in [4.78, 5) is 37.1. The van der Waals surface area contributed by atoms with E-state index in [4.69, 9.17) is 17.3 Å². The Hall–Kier alpha value is -2.80. The van der Waals surface area contributed by atoms with Crippen molar-refractivity contribution in [1.29, 1.82) is 0 Å². The van der Waals surface area contributed by atoms with Crippen LogP contribution in [0.15, 0.2) is 30.5 Å². The second-order valence-corrected chi connectivity index (χ2v) is 7.63. The lowest BCUT2D eigenvalue weighted by atomic mass is 9.92. The zero-order chi connectivity index (χ0) is 19.7. The van der Waals surface area contributed by atoms with E-state index in [0.717, 1.165) is 41.9 Å². The van der Waals surface area contributed by atoms with Gasteiger partial charge in [0, 0.05) is 48.8 Å². The van der Waals surface area contributed by atoms with Gasteiger partial charge in [-0.2, -0.15) is 0 Å². The summed E-state index contributed by atoms with van der Waals surface area (Å²) in [5.74, 6) is 0.531. The number of carbonyl (C=O) groups is 2. The Morgan fingerprint density at radius 1 is 1.32 bits per heavy atom. The van der Waals surface area contributed by atoms with Crippen LogP contribution in [0, 0.1) is 0 Å². The summed E-state index contributed by atoms with van der Waals surface area (Å²) in [6, 6.07) is 7.19. The highest BCUT2D eigenvalue weighted by Gasteiger charge is 2.27. The summed E-state index contributed by atoms with van der Waals surface area (Å²) in [6.45, 7) is 1.33. The third-order valence-corrected chi connectivity index (χ3v) is 5.53. The van der Waals surface area contributed by atoms with Crippen molar-refractivity contribution in [3.05, 3.63) is 52.6 Å². The van der Waals surface area contributed by atoms with Gasteiger partial charge in [0.15, 0.2) is 0 Å². The standard InChI is InChI=1S/C20H22ClN5O2/c21-13-3-4-15-16(10-13)25-17(24-15)5-6-18(27)26-9-1-2-12(11-26)19-14(20(22)28)7-8-23-19/h3-4,7-8,10,12,23H,1-2,5-6,9,11H2,(H2,22,28)(H,24,25). The average molecular weight is 400 g/mol. The monoisotopic (exact) mass is 399 g/mol. The van der Waals surface area contributed by atoms with Gasteiger partial charge in [-0.05, 0) is 37.1 Å². The average Bonchev–Trinajstić information content (AvgIpc) is 3.32. The molecule has 3 heterocycles. The molecule has 2 amide bonds. The summed E-state index contributed by atoms with van der Waals surface area (Å²) in [5, 5.41) is 0.651. The predicted octanol–water partition coefficient (Wildman–Crippen LogP) is 2.98. The second kappa shape index (κ2) is 7.67. The van der Waals surface area contributed by atoms with Crippen molar-refractivity contribution in [3.8, 4) is 0 Å². The van der Waals surface area contributed by atoms with Gasteiger partial charge < -0.3 is 20.6 Å². The first-order valence-electron chi connectivity index (χ1n) is 9.40. The van der Waals surface area contributed by atoms with E-state index < -0.39 is 5.91 Å². The Balaban J connectivity index is 1.40. The molecule has 1 aliphatic rings. The first-order valence-corrected chi connectivity index (χ1v) is 9.78. The number of aromatic amines is 2. The van der Waals surface area contributed by atoms with Crippen molar-refractivity contribution in [2.45, 2.75) is 31.6 Å². The minimum Gasteiger partial charge on any atom is -0.366 e. The number of primary amides is 1. The number of hydrogen-bond acceptors (Lipinski definition) is 3. The van der Waals surface area contributed by atoms with Crippen molar-refractivity contribution in [2.75, 3.05) is 13.1 Å². The van der Waals surface area contributed by atoms with Crippen LogP contribution in [0.3, 0.4) is 0 Å². The molecule has 1 aliphatic heterocycles. The zero-order valence-corrected chi connectivity index (χ0v) is 16.1. The number of carbonyl (C=O) groups excluding carboxylic acids is 2. The minimum absolute atomic E-state index is 0.0929. The molecular weight excluding hydrogens is 378 g/mol. The molecule has 0 aliphatic carbocycles. The zero-order valence-electron chi connectivity index (χ0n) is 15.4. The molecule has 3 aromatic rings. The number of nitrogens with one attached hydrogen (secondary N) is 2. The number of aromatic nitrogens is 3. The van der Waals surface area contributed by atoms with E-state index in [1.807, 2.05) is 17.0 Å². The predicted molar refractivity (Wildman–Crippen MR) is 107 cm³/mol. The van der Waals surface area contributed by atoms with E-state index in [2.05, 4.69) is 15.0 Å². The van der Waals surface area contributed by atoms with Crippen LogP contribution in [-0.2, 0) is 11.2 Å². The van der Waals surface area contributed by atoms with Gasteiger partial charge in [-0.1, -0.05) is 11.6 Å². The number of imidazole rings is 1. The highest BCUT2D eigenvalue weighted by molar-refractivity contribution is 6.31. The van der Waals surface area contributed by atoms with E-state index in [9.17, 15) is 9.59 Å². The summed E-state index contributed by atoms with van der Waals surface area (Å²) in [7, 11) is 0. The number of piperidine rings is 1. The quantitative estimate of drug-likeness (QED) is 0.613. The Bertz CT molecular complexity index is 1020. The van der Waals surface area contributed by atoms with Crippen LogP contribution < -0.4 is 5.73 Å². The Morgan fingerprint density at radius 3 is 3.00 bits per heavy atom. The molecule has 146 valence electrons. The van der Waals surface area contributed by atoms with Gasteiger partial charge >= 0.3 is 0 Å². The Kier molecular flexibility index (Phi) is 5.09. The number of amides is 2. The van der Waals surface area contributed by atoms with Crippen LogP contribution in [0.1, 0.15) is 47.1 Å². The lowest BCUT2D eigenvalue weighted by Crippen LogP contribution is -2.39. The van der Waals surface area contributed by atoms with Crippen LogP contribution in [0.25, 0.3) is 11.0 Å². The fraction of sp³-hybridized carbons (Fsp3) is 0.350. The van der Waals surface area contributed by atoms with Crippen LogP contribution in [0.2, 0.25) is 5.02 Å². The van der Waals surface area contributed by atoms with E-state index in [1.54, 1.807) is 18.3 Å². The number of fused-ring (bicyclic) bond motifs is 1. The van der Waals surface area contributed by atoms with Crippen molar-refractivity contribution < 1.29 is 9.59 Å². The van der Waals surface area contributed by atoms with E-state index in [1.165, 1.54) is 0 Å². The van der Waals surface area contributed by atoms with Gasteiger partial charge in [-0.15, -0.1) is 0 Å². The van der Waals surface area contributed by atoms with Gasteiger partial charge in [0.05, 0.1) is 16.6 Å². The number of H-pyrrole nitrogens is 2. The third-order valence-electron chi connectivity index (χ3n) is 5.30. The molecule has 1 saturated heterocycles. The van der Waals surface area contributed by atoms with E-state index in [-0.39, 0.29) is 11.8 Å². The van der Waals surface area contributed by atoms with Crippen molar-refractivity contribution in [2.24, 2.45) is 5.73 Å². The van der Waals surface area contributed by atoms with Crippen molar-refractivity contribution >= 4 is 34.4 Å². The van der Waals surface area contributed by atoms with Crippen molar-refractivity contribution in [3.63, 3.8) is 0 Å². The molecule has 2 aromatic heterocycles. The van der Waals surface area contributed by atoms with E-state index >= 15 is 0 Å². The van der Waals surface area contributed by atoms with Gasteiger partial charge in [0.1, 0.15) is 5.82 Å². The minimum atomic E-state index is -0.440. The van der Waals surface area contributed by atoms with Crippen LogP contribution in [0.5, 0.6) is 0 Å². The van der Waals surface area contributed by atoms with Gasteiger partial charge in [-0.25, -0.2) is 4.98 Å². The summed E-state index contributed by atoms with van der Waals surface area (Å²) >= 11 is 6.00. The molecule has 8 heteroatoms. The molecular formula is C20H22ClN5O2. The number of rotatable bonds is 5. The molecule has 0 saturated carbocycles. The second-order valence-electron chi connectivity index (χ2n) is 7.19. The first kappa shape index (κ1) is 18.6. The number of benzene rings is 1. The third kappa shape index (κ3) is 3.75. The molecule has 4 rings (SSSR count). The Morgan fingerprint density at radius 2 is 2.18 bits per heavy atom. The normalized spacial score (nSPS) is 17.2. The topological polar surface area (TPSA) is 108 Å². The number of aryl methyl sites for hydroxylation is 1. The SMILES string of the molecule is NC(=O)c1cc[nH]c1C1CCCN(C(=O)CCc2nc3ccc(Cl)cc3[nH]2)C1. The summed E-state index contributed by atoms with van der Waals surface area (Å²) in [6.07, 6.45) is 4.48. The number of hydrogen-bond donors (Lipinski definition) is 3. The maximum absolute atomic E-state index is 12.7. The van der Waals surface area contributed by atoms with Gasteiger partial charge in [0.25, 0.3) is 5.91 Å². The maximum atomic E-state index is 12.7. The first-order chi connectivity index (χ1) is 13.5. The molecule has 7 nitrogen and oxygen atoms in total. The molecule has 0 radical (unpaired) electrons. The lowest BCUT2D eigenvalue weighted by Gasteiger charge is -2.33. The summed E-state index contributed by atoms with van der Waals surface area (Å²) in [5.41, 5.74) is 8.52.